The van der Waals surface area contributed by atoms with Gasteiger partial charge in [-0.15, -0.1) is 0 Å². The summed E-state index contributed by atoms with van der Waals surface area (Å²) in [4.78, 5) is 8.70. The molecule has 7 nitrogen and oxygen atoms in total. The van der Waals surface area contributed by atoms with Crippen LogP contribution in [0.15, 0.2) is 48.9 Å². The second kappa shape index (κ2) is 6.35. The highest BCUT2D eigenvalue weighted by Gasteiger charge is 2.57. The second-order valence-corrected chi connectivity index (χ2v) is 7.83. The third kappa shape index (κ3) is 2.74. The molecule has 2 aromatic heterocycles. The molecule has 5 atom stereocenters. The summed E-state index contributed by atoms with van der Waals surface area (Å²) in [6, 6.07) is 11.5. The molecule has 2 aliphatic heterocycles. The van der Waals surface area contributed by atoms with Gasteiger partial charge in [-0.05, 0) is 32.4 Å². The third-order valence-electron chi connectivity index (χ3n) is 5.50. The van der Waals surface area contributed by atoms with Crippen LogP contribution in [-0.2, 0) is 14.2 Å². The zero-order valence-electron chi connectivity index (χ0n) is 16.0. The second-order valence-electron chi connectivity index (χ2n) is 7.83. The van der Waals surface area contributed by atoms with Crippen LogP contribution in [0.25, 0.3) is 11.0 Å². The van der Waals surface area contributed by atoms with Gasteiger partial charge in [-0.25, -0.2) is 9.97 Å². The highest BCUT2D eigenvalue weighted by molar-refractivity contribution is 5.78. The molecular formula is C21H23N3O4. The topological polar surface area (TPSA) is 78.6 Å². The Balaban J connectivity index is 1.55. The summed E-state index contributed by atoms with van der Waals surface area (Å²) in [6.45, 7) is 5.72. The fourth-order valence-corrected chi connectivity index (χ4v) is 4.23. The van der Waals surface area contributed by atoms with Crippen LogP contribution >= 0.6 is 0 Å². The van der Waals surface area contributed by atoms with Gasteiger partial charge in [0.05, 0.1) is 5.69 Å². The van der Waals surface area contributed by atoms with E-state index >= 15 is 0 Å². The minimum atomic E-state index is -0.825. The average molecular weight is 381 g/mol. The monoisotopic (exact) mass is 381 g/mol. The van der Waals surface area contributed by atoms with Crippen molar-refractivity contribution in [3.63, 3.8) is 0 Å². The van der Waals surface area contributed by atoms with E-state index < -0.39 is 30.3 Å². The van der Waals surface area contributed by atoms with E-state index in [1.54, 1.807) is 6.33 Å². The molecule has 0 spiro atoms. The van der Waals surface area contributed by atoms with Crippen LogP contribution in [0.2, 0.25) is 0 Å². The van der Waals surface area contributed by atoms with E-state index in [0.717, 1.165) is 22.3 Å². The van der Waals surface area contributed by atoms with Crippen LogP contribution in [0.4, 0.5) is 0 Å². The summed E-state index contributed by atoms with van der Waals surface area (Å²) in [5, 5.41) is 12.0. The molecule has 2 aliphatic rings. The maximum atomic E-state index is 11.0. The Kier molecular flexibility index (Phi) is 4.03. The van der Waals surface area contributed by atoms with Crippen molar-refractivity contribution in [3.05, 3.63) is 60.2 Å². The van der Waals surface area contributed by atoms with Gasteiger partial charge in [0.2, 0.25) is 0 Å². The normalized spacial score (nSPS) is 29.9. The predicted octanol–water partition coefficient (Wildman–Crippen LogP) is 2.89. The maximum Gasteiger partial charge on any atom is 0.164 e. The third-order valence-corrected chi connectivity index (χ3v) is 5.50. The smallest absolute Gasteiger partial charge is 0.164 e. The van der Waals surface area contributed by atoms with Crippen molar-refractivity contribution in [2.45, 2.75) is 57.2 Å². The molecule has 0 saturated carbocycles. The van der Waals surface area contributed by atoms with Gasteiger partial charge < -0.3 is 23.9 Å². The molecule has 0 bridgehead atoms. The van der Waals surface area contributed by atoms with Gasteiger partial charge in [0, 0.05) is 11.6 Å². The number of aryl methyl sites for hydroxylation is 1. The van der Waals surface area contributed by atoms with Crippen molar-refractivity contribution in [2.24, 2.45) is 0 Å². The molecule has 1 N–H and O–H groups in total. The van der Waals surface area contributed by atoms with E-state index in [4.69, 9.17) is 14.2 Å². The molecule has 5 rings (SSSR count). The number of fused-ring (bicyclic) bond motifs is 2. The highest BCUT2D eigenvalue weighted by Crippen LogP contribution is 2.47. The molecule has 2 fully saturated rings. The van der Waals surface area contributed by atoms with Crippen LogP contribution in [0.1, 0.15) is 37.4 Å². The van der Waals surface area contributed by atoms with Gasteiger partial charge in [-0.3, -0.25) is 0 Å². The number of aliphatic hydroxyl groups is 1. The number of ether oxygens (including phenoxy) is 3. The molecule has 0 amide bonds. The number of benzene rings is 1. The number of nitrogens with zero attached hydrogens (tertiary/aromatic N) is 3. The molecular weight excluding hydrogens is 358 g/mol. The lowest BCUT2D eigenvalue weighted by Gasteiger charge is -2.27. The summed E-state index contributed by atoms with van der Waals surface area (Å²) in [6.07, 6.45) is 0.892. The number of hydrogen-bond acceptors (Lipinski definition) is 6. The zero-order chi connectivity index (χ0) is 19.5. The molecule has 0 unspecified atom stereocenters. The van der Waals surface area contributed by atoms with Crippen LogP contribution in [0.5, 0.6) is 0 Å². The molecule has 0 radical (unpaired) electrons. The molecule has 28 heavy (non-hydrogen) atoms. The first kappa shape index (κ1) is 17.8. The standard InChI is InChI=1S/C21H23N3O4/c1-12-14-9-10-24(19(14)23-11-22-12)20-18-17(27-21(2,3)28-18)16(26-20)15(25)13-7-5-4-6-8-13/h4-11,15-18,20,25H,1-3H3/t15-,16+,17-,18-,20-/m1/s1. The van der Waals surface area contributed by atoms with E-state index in [9.17, 15) is 5.11 Å². The van der Waals surface area contributed by atoms with Gasteiger partial charge in [0.1, 0.15) is 36.4 Å². The van der Waals surface area contributed by atoms with Gasteiger partial charge in [-0.2, -0.15) is 0 Å². The van der Waals surface area contributed by atoms with Crippen molar-refractivity contribution in [1.29, 1.82) is 0 Å². The number of aliphatic hydroxyl groups excluding tert-OH is 1. The summed E-state index contributed by atoms with van der Waals surface area (Å²) in [5.74, 6) is -0.750. The van der Waals surface area contributed by atoms with Crippen LogP contribution < -0.4 is 0 Å². The first-order valence-corrected chi connectivity index (χ1v) is 9.47. The minimum absolute atomic E-state index is 0.357. The van der Waals surface area contributed by atoms with E-state index in [1.165, 1.54) is 0 Å². The van der Waals surface area contributed by atoms with E-state index in [-0.39, 0.29) is 6.10 Å². The maximum absolute atomic E-state index is 11.0. The Hall–Kier alpha value is -2.32. The molecule has 146 valence electrons. The quantitative estimate of drug-likeness (QED) is 0.752. The zero-order valence-corrected chi connectivity index (χ0v) is 16.0. The van der Waals surface area contributed by atoms with Gasteiger partial charge in [-0.1, -0.05) is 30.3 Å². The van der Waals surface area contributed by atoms with E-state index in [1.807, 2.05) is 67.9 Å². The lowest BCUT2D eigenvalue weighted by Crippen LogP contribution is -2.34. The average Bonchev–Trinajstić information content (AvgIpc) is 3.33. The van der Waals surface area contributed by atoms with Gasteiger partial charge >= 0.3 is 0 Å². The van der Waals surface area contributed by atoms with Crippen molar-refractivity contribution < 1.29 is 19.3 Å². The lowest BCUT2D eigenvalue weighted by atomic mass is 9.99. The molecule has 4 heterocycles. The fourth-order valence-electron chi connectivity index (χ4n) is 4.23. The SMILES string of the molecule is Cc1ncnc2c1ccn2[C@@H]1O[C@@H]([C@H](O)c2ccccc2)[C@H]2OC(C)(C)O[C@H]21. The van der Waals surface area contributed by atoms with Crippen molar-refractivity contribution >= 4 is 11.0 Å². The first-order valence-electron chi connectivity index (χ1n) is 9.47. The number of rotatable bonds is 3. The van der Waals surface area contributed by atoms with Crippen LogP contribution in [-0.4, -0.2) is 43.7 Å². The Labute approximate surface area is 162 Å². The summed E-state index contributed by atoms with van der Waals surface area (Å²) in [7, 11) is 0. The number of aromatic nitrogens is 3. The summed E-state index contributed by atoms with van der Waals surface area (Å²) >= 11 is 0. The van der Waals surface area contributed by atoms with Crippen molar-refractivity contribution in [2.75, 3.05) is 0 Å². The van der Waals surface area contributed by atoms with Gasteiger partial charge in [0.15, 0.2) is 12.0 Å². The summed E-state index contributed by atoms with van der Waals surface area (Å²) in [5.41, 5.74) is 2.47. The Morgan fingerprint density at radius 1 is 1.07 bits per heavy atom. The van der Waals surface area contributed by atoms with Gasteiger partial charge in [0.25, 0.3) is 0 Å². The van der Waals surface area contributed by atoms with Crippen molar-refractivity contribution in [3.8, 4) is 0 Å². The lowest BCUT2D eigenvalue weighted by molar-refractivity contribution is -0.207. The van der Waals surface area contributed by atoms with Crippen LogP contribution in [0.3, 0.4) is 0 Å². The molecule has 0 aliphatic carbocycles. The Morgan fingerprint density at radius 3 is 2.61 bits per heavy atom. The Morgan fingerprint density at radius 2 is 1.82 bits per heavy atom. The molecule has 1 aromatic carbocycles. The molecule has 3 aromatic rings. The van der Waals surface area contributed by atoms with E-state index in [2.05, 4.69) is 9.97 Å². The van der Waals surface area contributed by atoms with Crippen molar-refractivity contribution in [1.82, 2.24) is 14.5 Å². The summed E-state index contributed by atoms with van der Waals surface area (Å²) < 4.78 is 20.6. The molecule has 2 saturated heterocycles. The first-order chi connectivity index (χ1) is 13.4. The fraction of sp³-hybridized carbons (Fsp3) is 0.429. The number of hydrogen-bond donors (Lipinski definition) is 1. The predicted molar refractivity (Wildman–Crippen MR) is 101 cm³/mol. The largest absolute Gasteiger partial charge is 0.386 e. The minimum Gasteiger partial charge on any atom is -0.386 e. The Bertz CT molecular complexity index is 1000. The molecule has 7 heteroatoms. The highest BCUT2D eigenvalue weighted by atomic mass is 16.8. The van der Waals surface area contributed by atoms with E-state index in [0.29, 0.717) is 0 Å². The van der Waals surface area contributed by atoms with Crippen LogP contribution in [0, 0.1) is 6.92 Å².